The van der Waals surface area contributed by atoms with Gasteiger partial charge in [-0.25, -0.2) is 4.68 Å². The minimum atomic E-state index is -0.247. The van der Waals surface area contributed by atoms with Crippen molar-refractivity contribution in [3.05, 3.63) is 57.6 Å². The lowest BCUT2D eigenvalue weighted by molar-refractivity contribution is -0.116. The molecule has 2 aromatic heterocycles. The van der Waals surface area contributed by atoms with Gasteiger partial charge >= 0.3 is 0 Å². The van der Waals surface area contributed by atoms with E-state index in [1.54, 1.807) is 24.3 Å². The van der Waals surface area contributed by atoms with Crippen LogP contribution in [0.25, 0.3) is 10.9 Å². The average molecular weight is 337 g/mol. The number of nitrogens with one attached hydrogen (secondary N) is 1. The van der Waals surface area contributed by atoms with Crippen molar-refractivity contribution in [1.29, 1.82) is 0 Å². The number of aromatic nitrogens is 4. The average Bonchev–Trinajstić information content (AvgIpc) is 2.58. The molecule has 0 spiro atoms. The van der Waals surface area contributed by atoms with E-state index in [1.165, 1.54) is 4.68 Å². The van der Waals surface area contributed by atoms with E-state index in [9.17, 15) is 9.59 Å². The van der Waals surface area contributed by atoms with E-state index in [1.807, 2.05) is 26.8 Å². The molecule has 1 aromatic carbocycles. The van der Waals surface area contributed by atoms with Gasteiger partial charge in [0.05, 0.1) is 23.3 Å². The van der Waals surface area contributed by atoms with E-state index >= 15 is 0 Å². The van der Waals surface area contributed by atoms with Crippen molar-refractivity contribution in [3.8, 4) is 0 Å². The zero-order valence-corrected chi connectivity index (χ0v) is 14.4. The molecule has 2 heterocycles. The summed E-state index contributed by atoms with van der Waals surface area (Å²) < 4.78 is 1.22. The van der Waals surface area contributed by atoms with Crippen molar-refractivity contribution >= 4 is 22.5 Å². The first-order chi connectivity index (χ1) is 12.0. The fourth-order valence-electron chi connectivity index (χ4n) is 2.79. The minimum absolute atomic E-state index is 0.125. The van der Waals surface area contributed by atoms with Crippen LogP contribution in [0.3, 0.4) is 0 Å². The molecule has 1 amide bonds. The molecule has 1 N–H and O–H groups in total. The van der Waals surface area contributed by atoms with Gasteiger partial charge in [-0.2, -0.15) is 0 Å². The summed E-state index contributed by atoms with van der Waals surface area (Å²) >= 11 is 0. The van der Waals surface area contributed by atoms with Gasteiger partial charge in [-0.05, 0) is 44.5 Å². The number of benzene rings is 1. The van der Waals surface area contributed by atoms with Crippen LogP contribution < -0.4 is 10.9 Å². The molecule has 25 heavy (non-hydrogen) atoms. The highest BCUT2D eigenvalue weighted by Gasteiger charge is 2.11. The molecular formula is C18H19N5O2. The first kappa shape index (κ1) is 16.8. The standard InChI is InChI=1S/C18H19N5O2/c1-11-10-12(2)19-13(3)17(11)20-16(24)8-9-23-18(25)14-6-4-5-7-15(14)21-22-23/h4-7,10H,8-9H2,1-3H3,(H,20,24). The number of fused-ring (bicyclic) bond motifs is 1. The maximum Gasteiger partial charge on any atom is 0.277 e. The van der Waals surface area contributed by atoms with Gasteiger partial charge in [-0.15, -0.1) is 5.10 Å². The van der Waals surface area contributed by atoms with Crippen molar-refractivity contribution in [2.75, 3.05) is 5.32 Å². The van der Waals surface area contributed by atoms with Gasteiger partial charge in [0.1, 0.15) is 5.52 Å². The quantitative estimate of drug-likeness (QED) is 0.788. The summed E-state index contributed by atoms with van der Waals surface area (Å²) in [5.41, 5.74) is 3.65. The largest absolute Gasteiger partial charge is 0.324 e. The van der Waals surface area contributed by atoms with Crippen LogP contribution in [-0.2, 0) is 11.3 Å². The van der Waals surface area contributed by atoms with Gasteiger partial charge < -0.3 is 5.32 Å². The predicted octanol–water partition coefficient (Wildman–Crippen LogP) is 2.14. The molecule has 3 rings (SSSR count). The van der Waals surface area contributed by atoms with Gasteiger partial charge in [0.25, 0.3) is 5.56 Å². The maximum absolute atomic E-state index is 12.4. The molecule has 128 valence electrons. The molecule has 0 saturated heterocycles. The third-order valence-electron chi connectivity index (χ3n) is 3.97. The summed E-state index contributed by atoms with van der Waals surface area (Å²) in [6.07, 6.45) is 0.125. The van der Waals surface area contributed by atoms with Crippen molar-refractivity contribution in [2.45, 2.75) is 33.7 Å². The van der Waals surface area contributed by atoms with Crippen molar-refractivity contribution < 1.29 is 4.79 Å². The van der Waals surface area contributed by atoms with Crippen molar-refractivity contribution in [2.24, 2.45) is 0 Å². The lowest BCUT2D eigenvalue weighted by atomic mass is 10.1. The second kappa shape index (κ2) is 6.80. The van der Waals surface area contributed by atoms with E-state index < -0.39 is 0 Å². The van der Waals surface area contributed by atoms with Gasteiger partial charge in [0.15, 0.2) is 0 Å². The summed E-state index contributed by atoms with van der Waals surface area (Å²) in [7, 11) is 0. The number of anilines is 1. The van der Waals surface area contributed by atoms with Crippen LogP contribution in [0.5, 0.6) is 0 Å². The normalized spacial score (nSPS) is 10.8. The molecule has 0 atom stereocenters. The van der Waals surface area contributed by atoms with Crippen LogP contribution in [0.15, 0.2) is 35.1 Å². The Labute approximate surface area is 144 Å². The molecule has 0 aliphatic rings. The smallest absolute Gasteiger partial charge is 0.277 e. The SMILES string of the molecule is Cc1cc(C)c(NC(=O)CCn2nnc3ccccc3c2=O)c(C)n1. The molecular weight excluding hydrogens is 318 g/mol. The number of hydrogen-bond donors (Lipinski definition) is 1. The molecule has 0 bridgehead atoms. The summed E-state index contributed by atoms with van der Waals surface area (Å²) in [5.74, 6) is -0.196. The van der Waals surface area contributed by atoms with Crippen molar-refractivity contribution in [1.82, 2.24) is 20.0 Å². The van der Waals surface area contributed by atoms with Gasteiger partial charge in [0.2, 0.25) is 5.91 Å². The first-order valence-electron chi connectivity index (χ1n) is 8.03. The molecule has 0 unspecified atom stereocenters. The zero-order chi connectivity index (χ0) is 18.0. The highest BCUT2D eigenvalue weighted by atomic mass is 16.2. The third kappa shape index (κ3) is 3.55. The van der Waals surface area contributed by atoms with E-state index in [0.29, 0.717) is 16.6 Å². The van der Waals surface area contributed by atoms with E-state index in [2.05, 4.69) is 20.6 Å². The topological polar surface area (TPSA) is 89.8 Å². The second-order valence-electron chi connectivity index (χ2n) is 5.97. The number of carbonyl (C=O) groups is 1. The first-order valence-corrected chi connectivity index (χ1v) is 8.03. The maximum atomic E-state index is 12.4. The van der Waals surface area contributed by atoms with Crippen LogP contribution in [0, 0.1) is 20.8 Å². The van der Waals surface area contributed by atoms with E-state index in [4.69, 9.17) is 0 Å². The Kier molecular flexibility index (Phi) is 4.56. The zero-order valence-electron chi connectivity index (χ0n) is 14.4. The number of carbonyl (C=O) groups excluding carboxylic acids is 1. The fraction of sp³-hybridized carbons (Fsp3) is 0.278. The number of hydrogen-bond acceptors (Lipinski definition) is 5. The Morgan fingerprint density at radius 1 is 1.20 bits per heavy atom. The second-order valence-corrected chi connectivity index (χ2v) is 5.97. The fourth-order valence-corrected chi connectivity index (χ4v) is 2.79. The molecule has 0 fully saturated rings. The molecule has 3 aromatic rings. The molecule has 0 aliphatic carbocycles. The number of amides is 1. The van der Waals surface area contributed by atoms with Gasteiger partial charge in [-0.1, -0.05) is 17.3 Å². The predicted molar refractivity (Wildman–Crippen MR) is 95.5 cm³/mol. The molecule has 0 radical (unpaired) electrons. The van der Waals surface area contributed by atoms with Gasteiger partial charge in [0, 0.05) is 12.1 Å². The van der Waals surface area contributed by atoms with Crippen LogP contribution in [0.1, 0.15) is 23.4 Å². The lowest BCUT2D eigenvalue weighted by Crippen LogP contribution is -2.26. The molecule has 0 aliphatic heterocycles. The summed E-state index contributed by atoms with van der Waals surface area (Å²) in [5, 5.41) is 11.3. The van der Waals surface area contributed by atoms with Crippen LogP contribution in [0.4, 0.5) is 5.69 Å². The number of pyridine rings is 1. The monoisotopic (exact) mass is 337 g/mol. The summed E-state index contributed by atoms with van der Waals surface area (Å²) in [4.78, 5) is 29.0. The van der Waals surface area contributed by atoms with Crippen LogP contribution in [0.2, 0.25) is 0 Å². The van der Waals surface area contributed by atoms with Crippen LogP contribution >= 0.6 is 0 Å². The number of nitrogens with zero attached hydrogens (tertiary/aromatic N) is 4. The Morgan fingerprint density at radius 2 is 1.96 bits per heavy atom. The van der Waals surface area contributed by atoms with E-state index in [0.717, 1.165) is 17.0 Å². The van der Waals surface area contributed by atoms with Gasteiger partial charge in [-0.3, -0.25) is 14.6 Å². The Bertz CT molecular complexity index is 987. The van der Waals surface area contributed by atoms with E-state index in [-0.39, 0.29) is 24.4 Å². The highest BCUT2D eigenvalue weighted by Crippen LogP contribution is 2.19. The highest BCUT2D eigenvalue weighted by molar-refractivity contribution is 5.92. The summed E-state index contributed by atoms with van der Waals surface area (Å²) in [6.45, 7) is 5.86. The molecule has 7 heteroatoms. The Morgan fingerprint density at radius 3 is 2.72 bits per heavy atom. The van der Waals surface area contributed by atoms with Crippen molar-refractivity contribution in [3.63, 3.8) is 0 Å². The Hall–Kier alpha value is -3.09. The van der Waals surface area contributed by atoms with Crippen LogP contribution in [-0.4, -0.2) is 25.9 Å². The Balaban J connectivity index is 1.73. The molecule has 7 nitrogen and oxygen atoms in total. The summed E-state index contributed by atoms with van der Waals surface area (Å²) in [6, 6.07) is 8.93. The minimum Gasteiger partial charge on any atom is -0.324 e. The third-order valence-corrected chi connectivity index (χ3v) is 3.97. The molecule has 0 saturated carbocycles. The number of rotatable bonds is 4. The lowest BCUT2D eigenvalue weighted by Gasteiger charge is -2.12. The number of aryl methyl sites for hydroxylation is 4.